The van der Waals surface area contributed by atoms with E-state index in [1.54, 1.807) is 0 Å². The van der Waals surface area contributed by atoms with Gasteiger partial charge in [-0.15, -0.1) is 0 Å². The van der Waals surface area contributed by atoms with Gasteiger partial charge in [-0.05, 0) is 60.3 Å². The Bertz CT molecular complexity index is 520. The summed E-state index contributed by atoms with van der Waals surface area (Å²) in [5.41, 5.74) is 0.389. The Kier molecular flexibility index (Phi) is 4.60. The minimum atomic E-state index is -0.325. The topological polar surface area (TPSA) is 45.5 Å². The summed E-state index contributed by atoms with van der Waals surface area (Å²) < 4.78 is 20.0. The second-order valence-electron chi connectivity index (χ2n) is 7.73. The lowest BCUT2D eigenvalue weighted by molar-refractivity contribution is 0.00578. The number of nitrogens with zero attached hydrogens (tertiary/aromatic N) is 2. The summed E-state index contributed by atoms with van der Waals surface area (Å²) in [4.78, 5) is 0. The Morgan fingerprint density at radius 1 is 1.17 bits per heavy atom. The van der Waals surface area contributed by atoms with Gasteiger partial charge >= 0.3 is 7.12 Å². The number of hydrogen-bond donors (Lipinski definition) is 0. The van der Waals surface area contributed by atoms with Crippen molar-refractivity contribution in [1.29, 1.82) is 0 Å². The van der Waals surface area contributed by atoms with Crippen LogP contribution >= 0.6 is 0 Å². The Balaban J connectivity index is 1.64. The smallest absolute Gasteiger partial charge is 0.399 e. The summed E-state index contributed by atoms with van der Waals surface area (Å²) in [6.45, 7) is 11.2. The molecular weight excluding hydrogens is 291 g/mol. The standard InChI is InChI=1S/C17H29BN2O3/c1-6-21-15-9-7-14(8-10-15)20-12-13(11-19-20)18-22-16(2,3)17(4,5)23-18/h11-12,14-15H,6-10H2,1-5H3/t14-,15-. The molecule has 2 aliphatic rings. The molecule has 2 heterocycles. The second-order valence-corrected chi connectivity index (χ2v) is 7.73. The Hall–Kier alpha value is -0.845. The van der Waals surface area contributed by atoms with Crippen LogP contribution < -0.4 is 5.46 Å². The molecule has 23 heavy (non-hydrogen) atoms. The van der Waals surface area contributed by atoms with Crippen LogP contribution in [0.1, 0.15) is 66.3 Å². The maximum Gasteiger partial charge on any atom is 0.498 e. The van der Waals surface area contributed by atoms with Crippen molar-refractivity contribution in [3.63, 3.8) is 0 Å². The molecule has 1 aliphatic carbocycles. The van der Waals surface area contributed by atoms with E-state index in [2.05, 4.69) is 50.6 Å². The van der Waals surface area contributed by atoms with Gasteiger partial charge in [-0.1, -0.05) is 0 Å². The Labute approximate surface area is 139 Å². The van der Waals surface area contributed by atoms with Gasteiger partial charge in [0.05, 0.1) is 23.3 Å². The van der Waals surface area contributed by atoms with E-state index in [9.17, 15) is 0 Å². The lowest BCUT2D eigenvalue weighted by Gasteiger charge is -2.32. The fourth-order valence-corrected chi connectivity index (χ4v) is 3.37. The Morgan fingerprint density at radius 2 is 1.78 bits per heavy atom. The van der Waals surface area contributed by atoms with Crippen molar-refractivity contribution in [3.05, 3.63) is 12.4 Å². The molecule has 1 aliphatic heterocycles. The Morgan fingerprint density at radius 3 is 2.35 bits per heavy atom. The van der Waals surface area contributed by atoms with E-state index in [1.165, 1.54) is 0 Å². The van der Waals surface area contributed by atoms with Crippen LogP contribution in [0, 0.1) is 0 Å². The molecule has 6 heteroatoms. The molecule has 2 fully saturated rings. The van der Waals surface area contributed by atoms with Gasteiger partial charge in [0.25, 0.3) is 0 Å². The van der Waals surface area contributed by atoms with Crippen molar-refractivity contribution in [2.45, 2.75) is 83.6 Å². The molecule has 0 aromatic carbocycles. The van der Waals surface area contributed by atoms with E-state index in [0.29, 0.717) is 12.1 Å². The number of ether oxygens (including phenoxy) is 1. The minimum absolute atomic E-state index is 0.310. The first-order valence-corrected chi connectivity index (χ1v) is 8.83. The molecule has 1 aromatic rings. The average molecular weight is 320 g/mol. The third-order valence-electron chi connectivity index (χ3n) is 5.57. The molecule has 0 N–H and O–H groups in total. The molecule has 3 rings (SSSR count). The first kappa shape index (κ1) is 17.0. The number of hydrogen-bond acceptors (Lipinski definition) is 4. The molecule has 0 amide bonds. The predicted molar refractivity (Wildman–Crippen MR) is 90.9 cm³/mol. The maximum absolute atomic E-state index is 6.10. The quantitative estimate of drug-likeness (QED) is 0.800. The van der Waals surface area contributed by atoms with E-state index in [0.717, 1.165) is 37.8 Å². The highest BCUT2D eigenvalue weighted by molar-refractivity contribution is 6.61. The van der Waals surface area contributed by atoms with Gasteiger partial charge < -0.3 is 14.0 Å². The van der Waals surface area contributed by atoms with Crippen LogP contribution in [-0.4, -0.2) is 40.8 Å². The van der Waals surface area contributed by atoms with Gasteiger partial charge in [0, 0.05) is 24.5 Å². The lowest BCUT2D eigenvalue weighted by atomic mass is 9.82. The molecule has 1 saturated heterocycles. The molecular formula is C17H29BN2O3. The lowest BCUT2D eigenvalue weighted by Crippen LogP contribution is -2.41. The molecule has 1 saturated carbocycles. The molecule has 128 valence electrons. The summed E-state index contributed by atoms with van der Waals surface area (Å²) in [6, 6.07) is 0.461. The molecule has 0 spiro atoms. The van der Waals surface area contributed by atoms with Crippen molar-refractivity contribution >= 4 is 12.6 Å². The van der Waals surface area contributed by atoms with E-state index < -0.39 is 0 Å². The van der Waals surface area contributed by atoms with Crippen molar-refractivity contribution in [1.82, 2.24) is 9.78 Å². The van der Waals surface area contributed by atoms with Crippen LogP contribution in [0.4, 0.5) is 0 Å². The monoisotopic (exact) mass is 320 g/mol. The highest BCUT2D eigenvalue weighted by atomic mass is 16.7. The van der Waals surface area contributed by atoms with E-state index in [1.807, 2.05) is 6.20 Å². The van der Waals surface area contributed by atoms with Crippen LogP contribution in [0.5, 0.6) is 0 Å². The summed E-state index contributed by atoms with van der Waals surface area (Å²) >= 11 is 0. The predicted octanol–water partition coefficient (Wildman–Crippen LogP) is 2.70. The first-order chi connectivity index (χ1) is 10.8. The van der Waals surface area contributed by atoms with Gasteiger partial charge in [0.1, 0.15) is 0 Å². The summed E-state index contributed by atoms with van der Waals surface area (Å²) in [5, 5.41) is 4.57. The third kappa shape index (κ3) is 3.35. The number of rotatable bonds is 4. The summed E-state index contributed by atoms with van der Waals surface area (Å²) in [6.07, 6.45) is 8.87. The van der Waals surface area contributed by atoms with Gasteiger partial charge in [-0.25, -0.2) is 0 Å². The molecule has 0 bridgehead atoms. The minimum Gasteiger partial charge on any atom is -0.399 e. The van der Waals surface area contributed by atoms with Crippen LogP contribution in [-0.2, 0) is 14.0 Å². The molecule has 0 radical (unpaired) electrons. The molecule has 1 aromatic heterocycles. The van der Waals surface area contributed by atoms with Crippen molar-refractivity contribution < 1.29 is 14.0 Å². The van der Waals surface area contributed by atoms with Crippen molar-refractivity contribution in [2.75, 3.05) is 6.61 Å². The molecule has 0 atom stereocenters. The SMILES string of the molecule is CCO[C@H]1CC[C@H](n2cc(B3OC(C)(C)C(C)(C)O3)cn2)CC1. The van der Waals surface area contributed by atoms with Gasteiger partial charge in [0.15, 0.2) is 0 Å². The largest absolute Gasteiger partial charge is 0.498 e. The maximum atomic E-state index is 6.10. The highest BCUT2D eigenvalue weighted by Crippen LogP contribution is 2.36. The van der Waals surface area contributed by atoms with E-state index >= 15 is 0 Å². The normalized spacial score (nSPS) is 29.9. The number of aromatic nitrogens is 2. The van der Waals surface area contributed by atoms with Crippen LogP contribution in [0.15, 0.2) is 12.4 Å². The summed E-state index contributed by atoms with van der Waals surface area (Å²) in [5.74, 6) is 0. The third-order valence-corrected chi connectivity index (χ3v) is 5.57. The zero-order valence-electron chi connectivity index (χ0n) is 15.0. The second kappa shape index (κ2) is 6.23. The zero-order chi connectivity index (χ0) is 16.7. The fraction of sp³-hybridized carbons (Fsp3) is 0.824. The highest BCUT2D eigenvalue weighted by Gasteiger charge is 2.52. The van der Waals surface area contributed by atoms with Gasteiger partial charge in [0.2, 0.25) is 0 Å². The van der Waals surface area contributed by atoms with Crippen LogP contribution in [0.2, 0.25) is 0 Å². The van der Waals surface area contributed by atoms with Gasteiger partial charge in [-0.2, -0.15) is 5.10 Å². The zero-order valence-corrected chi connectivity index (χ0v) is 15.0. The van der Waals surface area contributed by atoms with E-state index in [4.69, 9.17) is 14.0 Å². The summed E-state index contributed by atoms with van der Waals surface area (Å²) in [7, 11) is -0.325. The van der Waals surface area contributed by atoms with Crippen molar-refractivity contribution in [3.8, 4) is 0 Å². The van der Waals surface area contributed by atoms with E-state index in [-0.39, 0.29) is 18.3 Å². The average Bonchev–Trinajstić information content (AvgIpc) is 3.04. The molecule has 5 nitrogen and oxygen atoms in total. The van der Waals surface area contributed by atoms with Crippen molar-refractivity contribution in [2.24, 2.45) is 0 Å². The van der Waals surface area contributed by atoms with Crippen LogP contribution in [0.25, 0.3) is 0 Å². The molecule has 0 unspecified atom stereocenters. The first-order valence-electron chi connectivity index (χ1n) is 8.83. The van der Waals surface area contributed by atoms with Gasteiger partial charge in [-0.3, -0.25) is 4.68 Å². The van der Waals surface area contributed by atoms with Crippen LogP contribution in [0.3, 0.4) is 0 Å². The fourth-order valence-electron chi connectivity index (χ4n) is 3.37.